The van der Waals surface area contributed by atoms with Gasteiger partial charge in [0.05, 0.1) is 17.9 Å². The van der Waals surface area contributed by atoms with Crippen LogP contribution >= 0.6 is 11.8 Å². The molecule has 4 aliphatic rings. The highest BCUT2D eigenvalue weighted by Crippen LogP contribution is 2.55. The van der Waals surface area contributed by atoms with Crippen LogP contribution in [0.5, 0.6) is 5.88 Å². The van der Waals surface area contributed by atoms with Crippen molar-refractivity contribution in [3.05, 3.63) is 53.7 Å². The number of pyridine rings is 1. The molecule has 4 aliphatic carbocycles. The van der Waals surface area contributed by atoms with E-state index in [2.05, 4.69) is 15.6 Å². The van der Waals surface area contributed by atoms with Crippen molar-refractivity contribution in [2.24, 2.45) is 17.8 Å². The summed E-state index contributed by atoms with van der Waals surface area (Å²) in [4.78, 5) is 31.1. The van der Waals surface area contributed by atoms with Crippen molar-refractivity contribution in [1.29, 1.82) is 0 Å². The Bertz CT molecular complexity index is 1040. The monoisotopic (exact) mass is 493 g/mol. The molecule has 1 aromatic heterocycles. The minimum atomic E-state index is -0.167. The van der Waals surface area contributed by atoms with Crippen LogP contribution in [0, 0.1) is 17.8 Å². The summed E-state index contributed by atoms with van der Waals surface area (Å²) in [5.74, 6) is 3.19. The number of thioether (sulfide) groups is 1. The number of carbonyl (C=O) groups excluding carboxylic acids is 2. The second-order valence-corrected chi connectivity index (χ2v) is 11.5. The number of aromatic nitrogens is 1. The lowest BCUT2D eigenvalue weighted by molar-refractivity contribution is -0.124. The predicted molar refractivity (Wildman–Crippen MR) is 137 cm³/mol. The fourth-order valence-electron chi connectivity index (χ4n) is 6.68. The van der Waals surface area contributed by atoms with Gasteiger partial charge in [-0.05, 0) is 80.9 Å². The molecule has 0 radical (unpaired) electrons. The normalized spacial score (nSPS) is 26.4. The van der Waals surface area contributed by atoms with Crippen molar-refractivity contribution in [3.8, 4) is 5.88 Å². The molecule has 4 fully saturated rings. The summed E-state index contributed by atoms with van der Waals surface area (Å²) in [5, 5.41) is 6.42. The van der Waals surface area contributed by atoms with Crippen LogP contribution in [0.3, 0.4) is 0 Å². The first kappa shape index (κ1) is 24.2. The van der Waals surface area contributed by atoms with E-state index in [1.165, 1.54) is 31.0 Å². The topological polar surface area (TPSA) is 80.3 Å². The summed E-state index contributed by atoms with van der Waals surface area (Å²) in [6, 6.07) is 11.2. The van der Waals surface area contributed by atoms with E-state index in [9.17, 15) is 9.59 Å². The average molecular weight is 494 g/mol. The Morgan fingerprint density at radius 2 is 1.77 bits per heavy atom. The van der Waals surface area contributed by atoms with E-state index in [0.717, 1.165) is 53.9 Å². The molecular weight excluding hydrogens is 458 g/mol. The Morgan fingerprint density at radius 3 is 2.49 bits per heavy atom. The lowest BCUT2D eigenvalue weighted by Crippen LogP contribution is -2.60. The molecule has 0 aliphatic heterocycles. The van der Waals surface area contributed by atoms with E-state index in [1.54, 1.807) is 6.20 Å². The van der Waals surface area contributed by atoms with Crippen LogP contribution in [0.2, 0.25) is 0 Å². The molecule has 35 heavy (non-hydrogen) atoms. The van der Waals surface area contributed by atoms with Crippen LogP contribution in [-0.2, 0) is 11.3 Å². The Kier molecular flexibility index (Phi) is 7.32. The molecule has 1 heterocycles. The zero-order valence-corrected chi connectivity index (χ0v) is 21.2. The Morgan fingerprint density at radius 1 is 1.06 bits per heavy atom. The third-order valence-corrected chi connectivity index (χ3v) is 8.74. The molecule has 4 bridgehead atoms. The lowest BCUT2D eigenvalue weighted by Gasteiger charge is -2.56. The van der Waals surface area contributed by atoms with Gasteiger partial charge in [-0.3, -0.25) is 9.59 Å². The van der Waals surface area contributed by atoms with Crippen LogP contribution in [0.1, 0.15) is 67.8 Å². The second-order valence-electron chi connectivity index (χ2n) is 10.5. The maximum atomic E-state index is 13.0. The van der Waals surface area contributed by atoms with Gasteiger partial charge in [-0.25, -0.2) is 4.98 Å². The standard InChI is InChI=1S/C28H35N3O3S/c1-2-10-34-27-22(6-5-9-29-27)17-30-26(33)23-7-3-4-8-24(23)35-18-25(32)31-28-14-19-11-20(15-28)13-21(12-19)16-28/h3-9,19-21H,2,10-18H2,1H3,(H,30,33)(H,31,32). The largest absolute Gasteiger partial charge is 0.477 e. The van der Waals surface area contributed by atoms with Gasteiger partial charge in [-0.1, -0.05) is 25.1 Å². The highest BCUT2D eigenvalue weighted by molar-refractivity contribution is 8.00. The molecule has 4 saturated carbocycles. The molecule has 7 heteroatoms. The molecule has 0 atom stereocenters. The van der Waals surface area contributed by atoms with Crippen molar-refractivity contribution in [2.45, 2.75) is 68.8 Å². The van der Waals surface area contributed by atoms with Crippen LogP contribution in [-0.4, -0.2) is 34.7 Å². The van der Waals surface area contributed by atoms with Crippen molar-refractivity contribution >= 4 is 23.6 Å². The van der Waals surface area contributed by atoms with Gasteiger partial charge in [0.15, 0.2) is 0 Å². The maximum Gasteiger partial charge on any atom is 0.252 e. The van der Waals surface area contributed by atoms with Crippen LogP contribution in [0.25, 0.3) is 0 Å². The summed E-state index contributed by atoms with van der Waals surface area (Å²) < 4.78 is 5.70. The fraction of sp³-hybridized carbons (Fsp3) is 0.536. The van der Waals surface area contributed by atoms with Crippen molar-refractivity contribution in [1.82, 2.24) is 15.6 Å². The molecule has 2 aromatic rings. The van der Waals surface area contributed by atoms with Crippen molar-refractivity contribution < 1.29 is 14.3 Å². The van der Waals surface area contributed by atoms with Crippen molar-refractivity contribution in [2.75, 3.05) is 12.4 Å². The van der Waals surface area contributed by atoms with Gasteiger partial charge < -0.3 is 15.4 Å². The van der Waals surface area contributed by atoms with E-state index < -0.39 is 0 Å². The van der Waals surface area contributed by atoms with Gasteiger partial charge in [-0.2, -0.15) is 0 Å². The molecule has 0 saturated heterocycles. The number of nitrogens with zero attached hydrogens (tertiary/aromatic N) is 1. The van der Waals surface area contributed by atoms with Gasteiger partial charge in [0.25, 0.3) is 5.91 Å². The molecule has 1 aromatic carbocycles. The number of ether oxygens (including phenoxy) is 1. The van der Waals surface area contributed by atoms with E-state index >= 15 is 0 Å². The first-order valence-corrected chi connectivity index (χ1v) is 13.9. The molecule has 6 rings (SSSR count). The number of benzene rings is 1. The Labute approximate surface area is 212 Å². The van der Waals surface area contributed by atoms with Gasteiger partial charge in [0, 0.05) is 28.7 Å². The quantitative estimate of drug-likeness (QED) is 0.457. The van der Waals surface area contributed by atoms with Crippen LogP contribution in [0.15, 0.2) is 47.5 Å². The minimum Gasteiger partial charge on any atom is -0.477 e. The second kappa shape index (κ2) is 10.6. The molecule has 6 nitrogen and oxygen atoms in total. The number of rotatable bonds is 10. The molecule has 0 spiro atoms. The van der Waals surface area contributed by atoms with E-state index in [0.29, 0.717) is 30.3 Å². The number of carbonyl (C=O) groups is 2. The number of amides is 2. The van der Waals surface area contributed by atoms with Gasteiger partial charge >= 0.3 is 0 Å². The lowest BCUT2D eigenvalue weighted by atomic mass is 9.53. The zero-order valence-electron chi connectivity index (χ0n) is 20.4. The summed E-state index contributed by atoms with van der Waals surface area (Å²) >= 11 is 1.44. The molecule has 0 unspecified atom stereocenters. The van der Waals surface area contributed by atoms with Gasteiger partial charge in [0.1, 0.15) is 0 Å². The third-order valence-electron chi connectivity index (χ3n) is 7.67. The molecule has 186 valence electrons. The first-order chi connectivity index (χ1) is 17.0. The highest BCUT2D eigenvalue weighted by atomic mass is 32.2. The van der Waals surface area contributed by atoms with E-state index in [-0.39, 0.29) is 17.4 Å². The van der Waals surface area contributed by atoms with Crippen LogP contribution < -0.4 is 15.4 Å². The van der Waals surface area contributed by atoms with Crippen molar-refractivity contribution in [3.63, 3.8) is 0 Å². The Hall–Kier alpha value is -2.54. The van der Waals surface area contributed by atoms with Crippen LogP contribution in [0.4, 0.5) is 0 Å². The van der Waals surface area contributed by atoms with E-state index in [4.69, 9.17) is 4.74 Å². The van der Waals surface area contributed by atoms with Gasteiger partial charge in [0.2, 0.25) is 11.8 Å². The molecular formula is C28H35N3O3S. The third kappa shape index (κ3) is 5.66. The SMILES string of the molecule is CCCOc1ncccc1CNC(=O)c1ccccc1SCC(=O)NC12CC3CC(CC(C3)C1)C2. The summed E-state index contributed by atoms with van der Waals surface area (Å²) in [6.45, 7) is 2.96. The maximum absolute atomic E-state index is 13.0. The zero-order chi connectivity index (χ0) is 24.3. The summed E-state index contributed by atoms with van der Waals surface area (Å²) in [6.07, 6.45) is 10.1. The highest BCUT2D eigenvalue weighted by Gasteiger charge is 2.51. The number of hydrogen-bond donors (Lipinski definition) is 2. The molecule has 2 amide bonds. The molecule has 2 N–H and O–H groups in total. The predicted octanol–water partition coefficient (Wildman–Crippen LogP) is 4.98. The fourth-order valence-corrected chi connectivity index (χ4v) is 7.53. The number of hydrogen-bond acceptors (Lipinski definition) is 5. The summed E-state index contributed by atoms with van der Waals surface area (Å²) in [5.41, 5.74) is 1.44. The summed E-state index contributed by atoms with van der Waals surface area (Å²) in [7, 11) is 0. The minimum absolute atomic E-state index is 0.0184. The smallest absolute Gasteiger partial charge is 0.252 e. The van der Waals surface area contributed by atoms with Gasteiger partial charge in [-0.15, -0.1) is 11.8 Å². The number of nitrogens with one attached hydrogen (secondary N) is 2. The first-order valence-electron chi connectivity index (χ1n) is 12.9. The average Bonchev–Trinajstić information content (AvgIpc) is 2.84. The van der Waals surface area contributed by atoms with E-state index in [1.807, 2.05) is 43.3 Å². The Balaban J connectivity index is 1.17.